The third-order valence-corrected chi connectivity index (χ3v) is 3.21. The number of benzene rings is 1. The van der Waals surface area contributed by atoms with Crippen molar-refractivity contribution >= 4 is 0 Å². The second-order valence-corrected chi connectivity index (χ2v) is 4.76. The van der Waals surface area contributed by atoms with Crippen molar-refractivity contribution in [3.63, 3.8) is 0 Å². The lowest BCUT2D eigenvalue weighted by Crippen LogP contribution is -2.28. The van der Waals surface area contributed by atoms with E-state index in [4.69, 9.17) is 4.74 Å². The summed E-state index contributed by atoms with van der Waals surface area (Å²) in [6, 6.07) is 7.03. The van der Waals surface area contributed by atoms with Gasteiger partial charge in [0.2, 0.25) is 0 Å². The SMILES string of the molecule is CCCNCC(c1ccccc1F)C(C)COC. The molecular formula is C15H24FNO. The second-order valence-electron chi connectivity index (χ2n) is 4.76. The van der Waals surface area contributed by atoms with Crippen molar-refractivity contribution < 1.29 is 9.13 Å². The molecule has 0 fully saturated rings. The maximum Gasteiger partial charge on any atom is 0.126 e. The third-order valence-electron chi connectivity index (χ3n) is 3.21. The zero-order valence-corrected chi connectivity index (χ0v) is 11.6. The van der Waals surface area contributed by atoms with E-state index in [2.05, 4.69) is 19.2 Å². The monoisotopic (exact) mass is 253 g/mol. The van der Waals surface area contributed by atoms with E-state index in [0.29, 0.717) is 6.61 Å². The van der Waals surface area contributed by atoms with Gasteiger partial charge < -0.3 is 10.1 Å². The quantitative estimate of drug-likeness (QED) is 0.718. The molecule has 0 radical (unpaired) electrons. The van der Waals surface area contributed by atoms with Gasteiger partial charge in [-0.15, -0.1) is 0 Å². The minimum Gasteiger partial charge on any atom is -0.384 e. The van der Waals surface area contributed by atoms with Gasteiger partial charge in [-0.3, -0.25) is 0 Å². The molecule has 3 heteroatoms. The summed E-state index contributed by atoms with van der Waals surface area (Å²) in [5.41, 5.74) is 0.783. The van der Waals surface area contributed by atoms with E-state index in [1.165, 1.54) is 6.07 Å². The fourth-order valence-corrected chi connectivity index (χ4v) is 2.21. The normalized spacial score (nSPS) is 14.4. The fraction of sp³-hybridized carbons (Fsp3) is 0.600. The van der Waals surface area contributed by atoms with Gasteiger partial charge in [0, 0.05) is 26.2 Å². The Hall–Kier alpha value is -0.930. The summed E-state index contributed by atoms with van der Waals surface area (Å²) in [6.07, 6.45) is 1.09. The van der Waals surface area contributed by atoms with Gasteiger partial charge in [-0.05, 0) is 30.5 Å². The first-order valence-corrected chi connectivity index (χ1v) is 6.64. The molecule has 0 heterocycles. The van der Waals surface area contributed by atoms with Gasteiger partial charge in [0.05, 0.1) is 0 Å². The van der Waals surface area contributed by atoms with Crippen molar-refractivity contribution in [3.05, 3.63) is 35.6 Å². The molecule has 1 rings (SSSR count). The highest BCUT2D eigenvalue weighted by Gasteiger charge is 2.21. The molecule has 0 bridgehead atoms. The van der Waals surface area contributed by atoms with Crippen LogP contribution in [0.2, 0.25) is 0 Å². The van der Waals surface area contributed by atoms with Gasteiger partial charge >= 0.3 is 0 Å². The average Bonchev–Trinajstić information content (AvgIpc) is 2.36. The summed E-state index contributed by atoms with van der Waals surface area (Å²) in [5.74, 6) is 0.317. The maximum atomic E-state index is 13.9. The minimum atomic E-state index is -0.122. The van der Waals surface area contributed by atoms with Gasteiger partial charge in [-0.2, -0.15) is 0 Å². The van der Waals surface area contributed by atoms with Crippen molar-refractivity contribution in [3.8, 4) is 0 Å². The molecule has 0 aliphatic carbocycles. The van der Waals surface area contributed by atoms with Crippen molar-refractivity contribution in [2.75, 3.05) is 26.8 Å². The van der Waals surface area contributed by atoms with Crippen LogP contribution in [0.3, 0.4) is 0 Å². The maximum absolute atomic E-state index is 13.9. The zero-order valence-electron chi connectivity index (χ0n) is 11.6. The topological polar surface area (TPSA) is 21.3 Å². The molecular weight excluding hydrogens is 229 g/mol. The predicted molar refractivity (Wildman–Crippen MR) is 73.3 cm³/mol. The molecule has 0 aliphatic heterocycles. The fourth-order valence-electron chi connectivity index (χ4n) is 2.21. The highest BCUT2D eigenvalue weighted by Crippen LogP contribution is 2.26. The Morgan fingerprint density at radius 1 is 1.33 bits per heavy atom. The summed E-state index contributed by atoms with van der Waals surface area (Å²) >= 11 is 0. The summed E-state index contributed by atoms with van der Waals surface area (Å²) < 4.78 is 19.1. The lowest BCUT2D eigenvalue weighted by atomic mass is 9.87. The van der Waals surface area contributed by atoms with Crippen molar-refractivity contribution in [1.82, 2.24) is 5.32 Å². The Morgan fingerprint density at radius 2 is 2.06 bits per heavy atom. The number of halogens is 1. The Balaban J connectivity index is 2.79. The van der Waals surface area contributed by atoms with Crippen LogP contribution >= 0.6 is 0 Å². The largest absolute Gasteiger partial charge is 0.384 e. The summed E-state index contributed by atoms with van der Waals surface area (Å²) in [4.78, 5) is 0. The average molecular weight is 253 g/mol. The lowest BCUT2D eigenvalue weighted by Gasteiger charge is -2.24. The Labute approximate surface area is 110 Å². The molecule has 0 saturated carbocycles. The predicted octanol–water partition coefficient (Wildman–Crippen LogP) is 3.19. The van der Waals surface area contributed by atoms with E-state index in [0.717, 1.165) is 25.1 Å². The highest BCUT2D eigenvalue weighted by atomic mass is 19.1. The summed E-state index contributed by atoms with van der Waals surface area (Å²) in [5, 5.41) is 3.38. The third kappa shape index (κ3) is 4.39. The van der Waals surface area contributed by atoms with Crippen LogP contribution in [0.25, 0.3) is 0 Å². The van der Waals surface area contributed by atoms with E-state index in [-0.39, 0.29) is 17.7 Å². The van der Waals surface area contributed by atoms with Crippen LogP contribution in [-0.4, -0.2) is 26.8 Å². The highest BCUT2D eigenvalue weighted by molar-refractivity contribution is 5.22. The van der Waals surface area contributed by atoms with Gasteiger partial charge in [0.25, 0.3) is 0 Å². The number of nitrogens with one attached hydrogen (secondary N) is 1. The van der Waals surface area contributed by atoms with Gasteiger partial charge in [0.1, 0.15) is 5.82 Å². The molecule has 1 N–H and O–H groups in total. The van der Waals surface area contributed by atoms with Gasteiger partial charge in [0.15, 0.2) is 0 Å². The molecule has 0 aromatic heterocycles. The Kier molecular flexibility index (Phi) is 6.91. The Morgan fingerprint density at radius 3 is 2.67 bits per heavy atom. The van der Waals surface area contributed by atoms with E-state index in [1.54, 1.807) is 13.2 Å². The molecule has 18 heavy (non-hydrogen) atoms. The molecule has 1 aromatic carbocycles. The first-order valence-electron chi connectivity index (χ1n) is 6.64. The lowest BCUT2D eigenvalue weighted by molar-refractivity contribution is 0.145. The Bertz CT molecular complexity index is 343. The smallest absolute Gasteiger partial charge is 0.126 e. The zero-order chi connectivity index (χ0) is 13.4. The second kappa shape index (κ2) is 8.22. The standard InChI is InChI=1S/C15H24FNO/c1-4-9-17-10-14(12(2)11-18-3)13-7-5-6-8-15(13)16/h5-8,12,14,17H,4,9-11H2,1-3H3. The van der Waals surface area contributed by atoms with E-state index >= 15 is 0 Å². The van der Waals surface area contributed by atoms with Crippen LogP contribution in [0.1, 0.15) is 31.7 Å². The van der Waals surface area contributed by atoms with Crippen molar-refractivity contribution in [1.29, 1.82) is 0 Å². The minimum absolute atomic E-state index is 0.122. The molecule has 0 amide bonds. The number of methoxy groups -OCH3 is 1. The van der Waals surface area contributed by atoms with Crippen LogP contribution < -0.4 is 5.32 Å². The summed E-state index contributed by atoms with van der Waals surface area (Å²) in [7, 11) is 1.69. The van der Waals surface area contributed by atoms with Crippen LogP contribution in [0.15, 0.2) is 24.3 Å². The van der Waals surface area contributed by atoms with Crippen LogP contribution in [0.4, 0.5) is 4.39 Å². The first-order chi connectivity index (χ1) is 8.70. The first kappa shape index (κ1) is 15.1. The molecule has 0 spiro atoms. The van der Waals surface area contributed by atoms with Gasteiger partial charge in [-0.25, -0.2) is 4.39 Å². The molecule has 1 aromatic rings. The van der Waals surface area contributed by atoms with E-state index in [1.807, 2.05) is 12.1 Å². The summed E-state index contributed by atoms with van der Waals surface area (Å²) in [6.45, 7) is 6.63. The molecule has 2 atom stereocenters. The van der Waals surface area contributed by atoms with Crippen LogP contribution in [0, 0.1) is 11.7 Å². The number of rotatable bonds is 8. The van der Waals surface area contributed by atoms with Crippen molar-refractivity contribution in [2.45, 2.75) is 26.2 Å². The number of ether oxygens (including phenoxy) is 1. The number of hydrogen-bond donors (Lipinski definition) is 1. The van der Waals surface area contributed by atoms with E-state index < -0.39 is 0 Å². The molecule has 102 valence electrons. The molecule has 0 aliphatic rings. The van der Waals surface area contributed by atoms with E-state index in [9.17, 15) is 4.39 Å². The van der Waals surface area contributed by atoms with Crippen molar-refractivity contribution in [2.24, 2.45) is 5.92 Å². The molecule has 0 saturated heterocycles. The number of hydrogen-bond acceptors (Lipinski definition) is 2. The van der Waals surface area contributed by atoms with Crippen LogP contribution in [0.5, 0.6) is 0 Å². The van der Waals surface area contributed by atoms with Gasteiger partial charge in [-0.1, -0.05) is 32.0 Å². The van der Waals surface area contributed by atoms with Crippen LogP contribution in [-0.2, 0) is 4.74 Å². The molecule has 2 unspecified atom stereocenters. The molecule has 2 nitrogen and oxygen atoms in total.